The van der Waals surface area contributed by atoms with Crippen molar-refractivity contribution < 1.29 is 13.6 Å². The first-order chi connectivity index (χ1) is 12.5. The van der Waals surface area contributed by atoms with Crippen molar-refractivity contribution in [3.63, 3.8) is 0 Å². The van der Waals surface area contributed by atoms with E-state index in [0.717, 1.165) is 23.3 Å². The largest absolute Gasteiger partial charge is 0.321 e. The summed E-state index contributed by atoms with van der Waals surface area (Å²) in [6.45, 7) is 1.88. The van der Waals surface area contributed by atoms with E-state index >= 15 is 0 Å². The van der Waals surface area contributed by atoms with E-state index < -0.39 is 23.1 Å². The number of nitriles is 1. The van der Waals surface area contributed by atoms with Gasteiger partial charge in [-0.2, -0.15) is 5.26 Å². The maximum absolute atomic E-state index is 13.9. The molecule has 1 N–H and O–H groups in total. The third-order valence-corrected chi connectivity index (χ3v) is 4.02. The van der Waals surface area contributed by atoms with Crippen molar-refractivity contribution in [3.05, 3.63) is 89.0 Å². The summed E-state index contributed by atoms with van der Waals surface area (Å²) in [4.78, 5) is 12.4. The molecule has 3 aromatic rings. The molecule has 0 radical (unpaired) electrons. The topological polar surface area (TPSA) is 52.9 Å². The summed E-state index contributed by atoms with van der Waals surface area (Å²) >= 11 is 0. The van der Waals surface area contributed by atoms with Crippen LogP contribution in [0.25, 0.3) is 11.1 Å². The number of amides is 1. The van der Waals surface area contributed by atoms with E-state index in [4.69, 9.17) is 5.26 Å². The first kappa shape index (κ1) is 17.3. The lowest BCUT2D eigenvalue weighted by Gasteiger charge is -2.14. The molecule has 0 aromatic heterocycles. The highest BCUT2D eigenvalue weighted by atomic mass is 19.1. The fraction of sp³-hybridized carbons (Fsp3) is 0.0476. The molecule has 0 spiro atoms. The zero-order valence-electron chi connectivity index (χ0n) is 13.9. The quantitative estimate of drug-likeness (QED) is 0.719. The van der Waals surface area contributed by atoms with Crippen LogP contribution in [-0.4, -0.2) is 5.91 Å². The van der Waals surface area contributed by atoms with Crippen LogP contribution in [0.15, 0.2) is 60.7 Å². The third-order valence-electron chi connectivity index (χ3n) is 4.02. The molecule has 0 aliphatic rings. The minimum Gasteiger partial charge on any atom is -0.321 e. The van der Waals surface area contributed by atoms with E-state index in [2.05, 4.69) is 11.4 Å². The van der Waals surface area contributed by atoms with Crippen molar-refractivity contribution in [2.75, 3.05) is 5.32 Å². The summed E-state index contributed by atoms with van der Waals surface area (Å²) in [7, 11) is 0. The number of nitrogens with zero attached hydrogens (tertiary/aromatic N) is 1. The number of anilines is 1. The van der Waals surface area contributed by atoms with Crippen LogP contribution < -0.4 is 5.32 Å². The fourth-order valence-electron chi connectivity index (χ4n) is 2.71. The summed E-state index contributed by atoms with van der Waals surface area (Å²) < 4.78 is 27.7. The van der Waals surface area contributed by atoms with Crippen molar-refractivity contribution in [1.29, 1.82) is 5.26 Å². The molecule has 0 saturated carbocycles. The van der Waals surface area contributed by atoms with E-state index in [1.807, 2.05) is 13.0 Å². The number of nitrogens with one attached hydrogen (secondary N) is 1. The van der Waals surface area contributed by atoms with Gasteiger partial charge >= 0.3 is 0 Å². The van der Waals surface area contributed by atoms with Gasteiger partial charge in [0.2, 0.25) is 0 Å². The van der Waals surface area contributed by atoms with Crippen molar-refractivity contribution in [3.8, 4) is 17.2 Å². The van der Waals surface area contributed by atoms with E-state index in [1.165, 1.54) is 6.07 Å². The molecule has 0 unspecified atom stereocenters. The molecule has 3 rings (SSSR count). The number of para-hydroxylation sites is 1. The molecule has 0 aliphatic heterocycles. The molecule has 5 heteroatoms. The predicted molar refractivity (Wildman–Crippen MR) is 95.6 cm³/mol. The average Bonchev–Trinajstić information content (AvgIpc) is 2.63. The molecule has 0 fully saturated rings. The Morgan fingerprint density at radius 2 is 1.65 bits per heavy atom. The Balaban J connectivity index is 2.04. The van der Waals surface area contributed by atoms with E-state index in [9.17, 15) is 13.6 Å². The zero-order valence-corrected chi connectivity index (χ0v) is 13.9. The summed E-state index contributed by atoms with van der Waals surface area (Å²) in [5, 5.41) is 11.7. The number of hydrogen-bond acceptors (Lipinski definition) is 2. The van der Waals surface area contributed by atoms with E-state index in [0.29, 0.717) is 16.8 Å². The van der Waals surface area contributed by atoms with E-state index in [-0.39, 0.29) is 0 Å². The van der Waals surface area contributed by atoms with Gasteiger partial charge in [0.1, 0.15) is 17.2 Å². The number of rotatable bonds is 3. The number of carbonyl (C=O) groups excluding carboxylic acids is 1. The van der Waals surface area contributed by atoms with E-state index in [1.54, 1.807) is 36.4 Å². The molecule has 1 amide bonds. The lowest BCUT2D eigenvalue weighted by Crippen LogP contribution is -2.16. The Morgan fingerprint density at radius 1 is 0.962 bits per heavy atom. The maximum atomic E-state index is 13.9. The number of aryl methyl sites for hydroxylation is 1. The highest BCUT2D eigenvalue weighted by molar-refractivity contribution is 6.06. The van der Waals surface area contributed by atoms with Crippen molar-refractivity contribution in [2.24, 2.45) is 0 Å². The van der Waals surface area contributed by atoms with Gasteiger partial charge in [-0.1, -0.05) is 30.3 Å². The standard InChI is InChI=1S/C21H14F2N2O/c1-13-9-10-14(12-24)11-16(13)15-5-2-3-8-19(15)25-21(26)20-17(22)6-4-7-18(20)23/h2-11H,1H3,(H,25,26). The highest BCUT2D eigenvalue weighted by Gasteiger charge is 2.18. The molecule has 3 nitrogen and oxygen atoms in total. The molecule has 128 valence electrons. The molecule has 0 bridgehead atoms. The summed E-state index contributed by atoms with van der Waals surface area (Å²) in [5.74, 6) is -2.73. The van der Waals surface area contributed by atoms with Crippen LogP contribution in [0.4, 0.5) is 14.5 Å². The van der Waals surface area contributed by atoms with Crippen LogP contribution in [0.2, 0.25) is 0 Å². The minimum absolute atomic E-state index is 0.401. The Labute approximate surface area is 149 Å². The van der Waals surface area contributed by atoms with Crippen LogP contribution in [0.1, 0.15) is 21.5 Å². The van der Waals surface area contributed by atoms with Gasteiger partial charge in [0.25, 0.3) is 5.91 Å². The predicted octanol–water partition coefficient (Wildman–Crippen LogP) is 5.06. The van der Waals surface area contributed by atoms with Crippen molar-refractivity contribution in [1.82, 2.24) is 0 Å². The molecule has 3 aromatic carbocycles. The smallest absolute Gasteiger partial charge is 0.261 e. The monoisotopic (exact) mass is 348 g/mol. The van der Waals surface area contributed by atoms with Gasteiger partial charge in [0.15, 0.2) is 0 Å². The van der Waals surface area contributed by atoms with Gasteiger partial charge in [-0.05, 0) is 48.4 Å². The Hall–Kier alpha value is -3.52. The van der Waals surface area contributed by atoms with Gasteiger partial charge in [-0.25, -0.2) is 8.78 Å². The second kappa shape index (κ2) is 7.16. The first-order valence-corrected chi connectivity index (χ1v) is 7.87. The third kappa shape index (κ3) is 3.31. The fourth-order valence-corrected chi connectivity index (χ4v) is 2.71. The maximum Gasteiger partial charge on any atom is 0.261 e. The molecule has 0 aliphatic carbocycles. The lowest BCUT2D eigenvalue weighted by molar-refractivity contribution is 0.101. The second-order valence-electron chi connectivity index (χ2n) is 5.74. The average molecular weight is 348 g/mol. The molecule has 26 heavy (non-hydrogen) atoms. The zero-order chi connectivity index (χ0) is 18.7. The number of carbonyl (C=O) groups is 1. The van der Waals surface area contributed by atoms with Gasteiger partial charge in [-0.3, -0.25) is 4.79 Å². The van der Waals surface area contributed by atoms with Crippen molar-refractivity contribution >= 4 is 11.6 Å². The molecule has 0 saturated heterocycles. The first-order valence-electron chi connectivity index (χ1n) is 7.87. The van der Waals surface area contributed by atoms with Crippen LogP contribution in [0.3, 0.4) is 0 Å². The highest BCUT2D eigenvalue weighted by Crippen LogP contribution is 2.31. The summed E-state index contributed by atoms with van der Waals surface area (Å²) in [6.07, 6.45) is 0. The Morgan fingerprint density at radius 3 is 2.35 bits per heavy atom. The number of halogens is 2. The molecule has 0 atom stereocenters. The van der Waals surface area contributed by atoms with Crippen LogP contribution in [0.5, 0.6) is 0 Å². The number of benzene rings is 3. The summed E-state index contributed by atoms with van der Waals surface area (Å²) in [5.41, 5.74) is 2.57. The lowest BCUT2D eigenvalue weighted by atomic mass is 9.97. The van der Waals surface area contributed by atoms with Gasteiger partial charge in [0.05, 0.1) is 11.6 Å². The Kier molecular flexibility index (Phi) is 4.76. The second-order valence-corrected chi connectivity index (χ2v) is 5.74. The van der Waals surface area contributed by atoms with Crippen LogP contribution >= 0.6 is 0 Å². The molecular formula is C21H14F2N2O. The van der Waals surface area contributed by atoms with Crippen molar-refractivity contribution in [2.45, 2.75) is 6.92 Å². The molecular weight excluding hydrogens is 334 g/mol. The van der Waals surface area contributed by atoms with Crippen LogP contribution in [-0.2, 0) is 0 Å². The van der Waals surface area contributed by atoms with Gasteiger partial charge in [0, 0.05) is 11.3 Å². The number of hydrogen-bond donors (Lipinski definition) is 1. The minimum atomic E-state index is -0.928. The Bertz CT molecular complexity index is 1020. The SMILES string of the molecule is Cc1ccc(C#N)cc1-c1ccccc1NC(=O)c1c(F)cccc1F. The molecule has 0 heterocycles. The van der Waals surface area contributed by atoms with Gasteiger partial charge < -0.3 is 5.32 Å². The van der Waals surface area contributed by atoms with Gasteiger partial charge in [-0.15, -0.1) is 0 Å². The summed E-state index contributed by atoms with van der Waals surface area (Å²) in [6, 6.07) is 17.5. The van der Waals surface area contributed by atoms with Crippen LogP contribution in [0, 0.1) is 29.9 Å². The normalized spacial score (nSPS) is 10.2.